The molecular formula is C61H83NO9. The molecule has 10 saturated carbocycles. The fourth-order valence-electron chi connectivity index (χ4n) is 22.8. The minimum atomic E-state index is -2.21. The third-order valence-electron chi connectivity index (χ3n) is 25.6. The van der Waals surface area contributed by atoms with E-state index in [-0.39, 0.29) is 60.0 Å². The molecule has 386 valence electrons. The quantitative estimate of drug-likeness (QED) is 0.0883. The van der Waals surface area contributed by atoms with E-state index in [2.05, 4.69) is 24.1 Å². The fourth-order valence-corrected chi connectivity index (χ4v) is 22.8. The van der Waals surface area contributed by atoms with Crippen molar-refractivity contribution in [3.63, 3.8) is 0 Å². The van der Waals surface area contributed by atoms with Crippen molar-refractivity contribution in [1.29, 1.82) is 0 Å². The molecule has 1 aromatic carbocycles. The highest BCUT2D eigenvalue weighted by Crippen LogP contribution is 2.82. The van der Waals surface area contributed by atoms with Gasteiger partial charge >= 0.3 is 5.97 Å². The molecule has 4 spiro atoms. The second-order valence-corrected chi connectivity index (χ2v) is 27.2. The first-order valence-corrected chi connectivity index (χ1v) is 28.9. The number of esters is 1. The molecule has 10 heteroatoms. The second kappa shape index (κ2) is 16.4. The van der Waals surface area contributed by atoms with Crippen LogP contribution in [0, 0.1) is 92.2 Å². The topological polar surface area (TPSA) is 177 Å². The number of hydrogen-bond acceptors (Lipinski definition) is 10. The van der Waals surface area contributed by atoms with Gasteiger partial charge in [-0.15, -0.1) is 0 Å². The molecule has 7 N–H and O–H groups in total. The zero-order valence-corrected chi connectivity index (χ0v) is 42.7. The lowest BCUT2D eigenvalue weighted by atomic mass is 9.31. The van der Waals surface area contributed by atoms with Crippen LogP contribution in [0.2, 0.25) is 0 Å². The van der Waals surface area contributed by atoms with Crippen LogP contribution in [0.5, 0.6) is 0 Å². The van der Waals surface area contributed by atoms with Gasteiger partial charge in [-0.1, -0.05) is 75.8 Å². The van der Waals surface area contributed by atoms with Crippen molar-refractivity contribution in [2.24, 2.45) is 80.3 Å². The number of likely N-dealkylation sites (N-methyl/N-ethyl adjacent to an activating group) is 1. The van der Waals surface area contributed by atoms with Crippen LogP contribution < -0.4 is 5.32 Å². The predicted octanol–water partition coefficient (Wildman–Crippen LogP) is 7.64. The third kappa shape index (κ3) is 5.98. The molecule has 19 atom stereocenters. The molecule has 10 fully saturated rings. The monoisotopic (exact) mass is 974 g/mol. The van der Waals surface area contributed by atoms with Gasteiger partial charge in [0.25, 0.3) is 0 Å². The average molecular weight is 974 g/mol. The van der Waals surface area contributed by atoms with Crippen molar-refractivity contribution in [2.45, 2.75) is 215 Å². The van der Waals surface area contributed by atoms with Crippen molar-refractivity contribution in [3.05, 3.63) is 46.5 Å². The lowest BCUT2D eigenvalue weighted by Crippen LogP contribution is -2.86. The van der Waals surface area contributed by atoms with Crippen molar-refractivity contribution in [3.8, 4) is 11.8 Å². The first kappa shape index (κ1) is 48.1. The molecule has 4 bridgehead atoms. The Bertz CT molecular complexity index is 2430. The van der Waals surface area contributed by atoms with Gasteiger partial charge in [-0.2, -0.15) is 0 Å². The number of rotatable bonds is 5. The lowest BCUT2D eigenvalue weighted by molar-refractivity contribution is -0.387. The molecule has 0 radical (unpaired) electrons. The van der Waals surface area contributed by atoms with E-state index >= 15 is 4.79 Å². The molecule has 1 heterocycles. The van der Waals surface area contributed by atoms with Gasteiger partial charge in [0.1, 0.15) is 23.6 Å². The summed E-state index contributed by atoms with van der Waals surface area (Å²) < 4.78 is 6.35. The van der Waals surface area contributed by atoms with E-state index in [0.717, 1.165) is 86.3 Å². The fraction of sp³-hybridized carbons (Fsp3) is 0.803. The molecule has 0 saturated heterocycles. The number of aldehydes is 1. The predicted molar refractivity (Wildman–Crippen MR) is 267 cm³/mol. The van der Waals surface area contributed by atoms with Gasteiger partial charge < -0.3 is 45.5 Å². The average Bonchev–Trinajstić information content (AvgIpc) is 4.24. The van der Waals surface area contributed by atoms with Crippen molar-refractivity contribution < 1.29 is 45.0 Å². The molecule has 0 aromatic heterocycles. The Morgan fingerprint density at radius 3 is 2.39 bits per heavy atom. The molecule has 71 heavy (non-hydrogen) atoms. The van der Waals surface area contributed by atoms with E-state index in [1.54, 1.807) is 6.08 Å². The largest absolute Gasteiger partial charge is 0.454 e. The highest BCUT2D eigenvalue weighted by molar-refractivity contribution is 5.86. The summed E-state index contributed by atoms with van der Waals surface area (Å²) in [6.07, 6.45) is 20.1. The van der Waals surface area contributed by atoms with E-state index in [0.29, 0.717) is 63.2 Å². The Hall–Kier alpha value is -2.62. The van der Waals surface area contributed by atoms with Gasteiger partial charge in [0.15, 0.2) is 0 Å². The summed E-state index contributed by atoms with van der Waals surface area (Å²) in [6, 6.07) is 5.69. The van der Waals surface area contributed by atoms with Crippen LogP contribution in [0.4, 0.5) is 0 Å². The maximum absolute atomic E-state index is 15.3. The number of benzene rings is 1. The number of aliphatic hydroxyl groups is 6. The number of carbonyl (C=O) groups is 2. The van der Waals surface area contributed by atoms with E-state index < -0.39 is 75.1 Å². The van der Waals surface area contributed by atoms with E-state index in [4.69, 9.17) is 4.74 Å². The molecule has 0 amide bonds. The highest BCUT2D eigenvalue weighted by Gasteiger charge is 2.87. The summed E-state index contributed by atoms with van der Waals surface area (Å²) >= 11 is 0. The maximum Gasteiger partial charge on any atom is 0.331 e. The molecule has 14 rings (SSSR count). The van der Waals surface area contributed by atoms with Crippen LogP contribution in [0.3, 0.4) is 0 Å². The summed E-state index contributed by atoms with van der Waals surface area (Å²) in [5, 5.41) is 85.7. The first-order chi connectivity index (χ1) is 34.1. The molecule has 10 nitrogen and oxygen atoms in total. The Labute approximate surface area is 421 Å². The zero-order chi connectivity index (χ0) is 49.1. The van der Waals surface area contributed by atoms with Crippen molar-refractivity contribution in [2.75, 3.05) is 7.05 Å². The van der Waals surface area contributed by atoms with Crippen LogP contribution in [0.1, 0.15) is 178 Å². The highest BCUT2D eigenvalue weighted by atomic mass is 16.5. The molecule has 13 aliphatic rings. The SMILES string of the molecule is CN[C@@H]1Cc2c(cccc2CO)C#CCC[C@]23CC[C@H]4[C@@](O)([C@H](O)[C@@H]5C[C@@H]([C@@H](C)C6CCCC6)CC[C@H]6[C@@H](O)[C@]7(CCC[C@]78CCC7(CCCC7)C8)C[C@@]4(C=O)[C@@]65O)[C@@]2(O)C[C@H]2C[C@H]1[C@@H]1OC(=O)C=C1[C@@H]23. The van der Waals surface area contributed by atoms with Crippen molar-refractivity contribution >= 4 is 12.3 Å². The number of hydrogen-bond donors (Lipinski definition) is 7. The number of aliphatic hydroxyl groups excluding tert-OH is 3. The summed E-state index contributed by atoms with van der Waals surface area (Å²) in [4.78, 5) is 29.1. The number of ether oxygens (including phenoxy) is 1. The van der Waals surface area contributed by atoms with Crippen LogP contribution in [-0.4, -0.2) is 91.1 Å². The molecular weight excluding hydrogens is 891 g/mol. The summed E-state index contributed by atoms with van der Waals surface area (Å²) in [5.41, 5.74) is -5.63. The molecule has 1 aromatic rings. The summed E-state index contributed by atoms with van der Waals surface area (Å²) in [6.45, 7) is 2.23. The van der Waals surface area contributed by atoms with Crippen LogP contribution in [0.15, 0.2) is 29.8 Å². The number of fused-ring (bicyclic) bond motifs is 7. The second-order valence-electron chi connectivity index (χ2n) is 27.2. The van der Waals surface area contributed by atoms with Gasteiger partial charge in [-0.05, 0) is 179 Å². The molecule has 12 aliphatic carbocycles. The van der Waals surface area contributed by atoms with Gasteiger partial charge in [0.05, 0.1) is 29.8 Å². The van der Waals surface area contributed by atoms with E-state index in [1.807, 2.05) is 25.2 Å². The van der Waals surface area contributed by atoms with E-state index in [1.165, 1.54) is 38.5 Å². The minimum absolute atomic E-state index is 0.0989. The maximum atomic E-state index is 15.3. The molecule has 1 aliphatic heterocycles. The lowest BCUT2D eigenvalue weighted by Gasteiger charge is -2.75. The normalized spacial score (nSPS) is 50.6. The smallest absolute Gasteiger partial charge is 0.331 e. The van der Waals surface area contributed by atoms with Gasteiger partial charge in [0, 0.05) is 58.6 Å². The number of nitrogens with one attached hydrogen (secondary N) is 1. The molecule has 0 unspecified atom stereocenters. The Kier molecular flexibility index (Phi) is 11.1. The number of carbonyl (C=O) groups excluding carboxylic acids is 2. The van der Waals surface area contributed by atoms with Gasteiger partial charge in [-0.25, -0.2) is 4.79 Å². The minimum Gasteiger partial charge on any atom is -0.454 e. The third-order valence-corrected chi connectivity index (χ3v) is 25.6. The Morgan fingerprint density at radius 1 is 0.831 bits per heavy atom. The Balaban J connectivity index is 0.997. The summed E-state index contributed by atoms with van der Waals surface area (Å²) in [5.74, 6) is 4.17. The standard InChI is InChI=1S/C61H83NO9/c1-36(37-11-3-4-12-37)39-16-17-45-52(66)57(23-10-21-55(57)26-25-54(33-55)19-7-8-20-54)34-58(35-64)48-18-24-56-22-6-5-13-38-14-9-15-40(32-63)42(38)29-47(62-2)43-27-41(50(56)44-30-49(65)71-51(43)44)31-59(56,68)61(48,70)53(67)46(28-39)60(45,58)69/h9,14-15,30,35-37,39,41,43,45-48,50-53,62-63,66-70H,3-4,6-8,10-12,16-29,31-34H2,1-2H3/t36-,39-,41+,43+,45-,46-,47+,48+,50+,51-,52+,53+,55+,56+,57-,58-,59+,60+,61+/m0/s1. The first-order valence-electron chi connectivity index (χ1n) is 28.9. The van der Waals surface area contributed by atoms with Crippen LogP contribution in [0.25, 0.3) is 0 Å². The summed E-state index contributed by atoms with van der Waals surface area (Å²) in [7, 11) is 1.93. The van der Waals surface area contributed by atoms with Gasteiger partial charge in [-0.3, -0.25) is 0 Å². The van der Waals surface area contributed by atoms with E-state index in [9.17, 15) is 35.4 Å². The van der Waals surface area contributed by atoms with Crippen LogP contribution in [-0.2, 0) is 27.4 Å². The Morgan fingerprint density at radius 2 is 1.63 bits per heavy atom. The zero-order valence-electron chi connectivity index (χ0n) is 42.7. The van der Waals surface area contributed by atoms with Gasteiger partial charge in [0.2, 0.25) is 0 Å². The van der Waals surface area contributed by atoms with Crippen LogP contribution >= 0.6 is 0 Å². The van der Waals surface area contributed by atoms with Crippen molar-refractivity contribution in [1.82, 2.24) is 5.32 Å².